The summed E-state index contributed by atoms with van der Waals surface area (Å²) < 4.78 is 5.10. The normalized spacial score (nSPS) is 11.8. The van der Waals surface area contributed by atoms with Crippen LogP contribution in [0.4, 0.5) is 5.69 Å². The average Bonchev–Trinajstić information content (AvgIpc) is 2.46. The molecule has 6 heteroatoms. The summed E-state index contributed by atoms with van der Waals surface area (Å²) in [4.78, 5) is 22.5. The van der Waals surface area contributed by atoms with Crippen LogP contribution >= 0.6 is 0 Å². The van der Waals surface area contributed by atoms with Crippen molar-refractivity contribution in [2.24, 2.45) is 0 Å². The first-order chi connectivity index (χ1) is 9.99. The van der Waals surface area contributed by atoms with Gasteiger partial charge in [-0.3, -0.25) is 14.9 Å². The van der Waals surface area contributed by atoms with Crippen LogP contribution in [0.2, 0.25) is 0 Å². The number of benzene rings is 1. The van der Waals surface area contributed by atoms with E-state index in [-0.39, 0.29) is 23.2 Å². The van der Waals surface area contributed by atoms with Crippen molar-refractivity contribution in [1.82, 2.24) is 5.32 Å². The molecule has 1 aromatic carbocycles. The molecule has 0 aliphatic carbocycles. The molecule has 0 aliphatic heterocycles. The third-order valence-electron chi connectivity index (χ3n) is 3.26. The maximum absolute atomic E-state index is 12.2. The van der Waals surface area contributed by atoms with Gasteiger partial charge in [0.25, 0.3) is 11.6 Å². The van der Waals surface area contributed by atoms with Crippen molar-refractivity contribution in [1.29, 1.82) is 0 Å². The molecule has 1 unspecified atom stereocenters. The number of nitrogens with zero attached hydrogens (tertiary/aromatic N) is 1. The molecular weight excluding hydrogens is 272 g/mol. The molecule has 1 amide bonds. The van der Waals surface area contributed by atoms with E-state index in [1.54, 1.807) is 0 Å². The fourth-order valence-electron chi connectivity index (χ4n) is 2.06. The van der Waals surface area contributed by atoms with Gasteiger partial charge in [0.15, 0.2) is 0 Å². The summed E-state index contributed by atoms with van der Waals surface area (Å²) in [5, 5.41) is 13.7. The number of nitro groups is 1. The number of hydrogen-bond donors (Lipinski definition) is 1. The molecule has 21 heavy (non-hydrogen) atoms. The fourth-order valence-corrected chi connectivity index (χ4v) is 2.06. The third kappa shape index (κ3) is 5.06. The predicted octanol–water partition coefficient (Wildman–Crippen LogP) is 3.30. The van der Waals surface area contributed by atoms with Crippen LogP contribution < -0.4 is 10.1 Å². The summed E-state index contributed by atoms with van der Waals surface area (Å²) in [6, 6.07) is 4.02. The summed E-state index contributed by atoms with van der Waals surface area (Å²) in [6.07, 6.45) is 4.18. The van der Waals surface area contributed by atoms with E-state index in [0.717, 1.165) is 25.7 Å². The van der Waals surface area contributed by atoms with E-state index in [4.69, 9.17) is 4.74 Å². The highest BCUT2D eigenvalue weighted by Gasteiger charge is 2.18. The first-order valence-electron chi connectivity index (χ1n) is 7.12. The molecule has 116 valence electrons. The van der Waals surface area contributed by atoms with Crippen molar-refractivity contribution in [2.75, 3.05) is 7.11 Å². The molecular formula is C15H22N2O4. The molecule has 0 radical (unpaired) electrons. The smallest absolute Gasteiger partial charge is 0.270 e. The number of unbranched alkanes of at least 4 members (excludes halogenated alkanes) is 2. The number of nitrogens with one attached hydrogen (secondary N) is 1. The zero-order valence-corrected chi connectivity index (χ0v) is 12.7. The van der Waals surface area contributed by atoms with E-state index in [1.807, 2.05) is 6.92 Å². The summed E-state index contributed by atoms with van der Waals surface area (Å²) in [5.74, 6) is -0.0154. The molecule has 0 saturated carbocycles. The first kappa shape index (κ1) is 16.9. The van der Waals surface area contributed by atoms with Gasteiger partial charge < -0.3 is 10.1 Å². The molecule has 0 fully saturated rings. The zero-order valence-electron chi connectivity index (χ0n) is 12.7. The Morgan fingerprint density at radius 1 is 1.43 bits per heavy atom. The summed E-state index contributed by atoms with van der Waals surface area (Å²) >= 11 is 0. The van der Waals surface area contributed by atoms with Crippen LogP contribution in [-0.2, 0) is 0 Å². The van der Waals surface area contributed by atoms with Crippen molar-refractivity contribution < 1.29 is 14.5 Å². The summed E-state index contributed by atoms with van der Waals surface area (Å²) in [5.41, 5.74) is 0.0635. The lowest BCUT2D eigenvalue weighted by Gasteiger charge is -2.15. The maximum atomic E-state index is 12.2. The van der Waals surface area contributed by atoms with Crippen molar-refractivity contribution >= 4 is 11.6 Å². The molecule has 0 bridgehead atoms. The van der Waals surface area contributed by atoms with E-state index >= 15 is 0 Å². The standard InChI is InChI=1S/C15H22N2O4/c1-4-5-6-7-11(2)16-15(18)13-10-12(17(19)20)8-9-14(13)21-3/h8-11H,4-7H2,1-3H3,(H,16,18). The topological polar surface area (TPSA) is 81.5 Å². The van der Waals surface area contributed by atoms with Crippen molar-refractivity contribution in [3.05, 3.63) is 33.9 Å². The van der Waals surface area contributed by atoms with Crippen LogP contribution in [0.3, 0.4) is 0 Å². The van der Waals surface area contributed by atoms with Gasteiger partial charge in [0, 0.05) is 18.2 Å². The van der Waals surface area contributed by atoms with Gasteiger partial charge in [-0.2, -0.15) is 0 Å². The molecule has 0 spiro atoms. The van der Waals surface area contributed by atoms with Gasteiger partial charge in [-0.25, -0.2) is 0 Å². The number of carbonyl (C=O) groups excluding carboxylic acids is 1. The fraction of sp³-hybridized carbons (Fsp3) is 0.533. The third-order valence-corrected chi connectivity index (χ3v) is 3.26. The average molecular weight is 294 g/mol. The number of ether oxygens (including phenoxy) is 1. The predicted molar refractivity (Wildman–Crippen MR) is 80.7 cm³/mol. The minimum Gasteiger partial charge on any atom is -0.496 e. The molecule has 1 rings (SSSR count). The highest BCUT2D eigenvalue weighted by molar-refractivity contribution is 5.97. The largest absolute Gasteiger partial charge is 0.496 e. The Kier molecular flexibility index (Phi) is 6.65. The molecule has 0 heterocycles. The lowest BCUT2D eigenvalue weighted by atomic mass is 10.1. The van der Waals surface area contributed by atoms with Crippen molar-refractivity contribution in [3.8, 4) is 5.75 Å². The van der Waals surface area contributed by atoms with Crippen LogP contribution in [0.25, 0.3) is 0 Å². The Bertz CT molecular complexity index is 502. The minimum absolute atomic E-state index is 0.0213. The van der Waals surface area contributed by atoms with Crippen LogP contribution in [0.15, 0.2) is 18.2 Å². The van der Waals surface area contributed by atoms with Crippen LogP contribution in [0, 0.1) is 10.1 Å². The van der Waals surface area contributed by atoms with E-state index < -0.39 is 4.92 Å². The van der Waals surface area contributed by atoms with Gasteiger partial charge in [0.2, 0.25) is 0 Å². The SMILES string of the molecule is CCCCCC(C)NC(=O)c1cc([N+](=O)[O-])ccc1OC. The van der Waals surface area contributed by atoms with E-state index in [9.17, 15) is 14.9 Å². The van der Waals surface area contributed by atoms with Gasteiger partial charge in [-0.05, 0) is 19.4 Å². The van der Waals surface area contributed by atoms with E-state index in [1.165, 1.54) is 25.3 Å². The molecule has 0 aromatic heterocycles. The number of nitro benzene ring substituents is 1. The van der Waals surface area contributed by atoms with E-state index in [0.29, 0.717) is 5.75 Å². The number of rotatable bonds is 8. The molecule has 0 aliphatic rings. The van der Waals surface area contributed by atoms with E-state index in [2.05, 4.69) is 12.2 Å². The Morgan fingerprint density at radius 2 is 2.14 bits per heavy atom. The van der Waals surface area contributed by atoms with Gasteiger partial charge in [-0.1, -0.05) is 26.2 Å². The van der Waals surface area contributed by atoms with Gasteiger partial charge in [0.1, 0.15) is 5.75 Å². The Hall–Kier alpha value is -2.11. The summed E-state index contributed by atoms with van der Waals surface area (Å²) in [7, 11) is 1.43. The number of carbonyl (C=O) groups is 1. The maximum Gasteiger partial charge on any atom is 0.270 e. The minimum atomic E-state index is -0.527. The monoisotopic (exact) mass is 294 g/mol. The second-order valence-corrected chi connectivity index (χ2v) is 5.01. The van der Waals surface area contributed by atoms with Gasteiger partial charge in [0.05, 0.1) is 17.6 Å². The van der Waals surface area contributed by atoms with Gasteiger partial charge >= 0.3 is 0 Å². The quantitative estimate of drug-likeness (QED) is 0.453. The number of amides is 1. The second-order valence-electron chi connectivity index (χ2n) is 5.01. The molecule has 1 aromatic rings. The number of hydrogen-bond acceptors (Lipinski definition) is 4. The molecule has 1 atom stereocenters. The lowest BCUT2D eigenvalue weighted by Crippen LogP contribution is -2.32. The Balaban J connectivity index is 2.80. The Labute approximate surface area is 124 Å². The molecule has 0 saturated heterocycles. The Morgan fingerprint density at radius 3 is 2.71 bits per heavy atom. The van der Waals surface area contributed by atoms with Crippen LogP contribution in [-0.4, -0.2) is 24.0 Å². The second kappa shape index (κ2) is 8.24. The van der Waals surface area contributed by atoms with Crippen molar-refractivity contribution in [3.63, 3.8) is 0 Å². The highest BCUT2D eigenvalue weighted by atomic mass is 16.6. The van der Waals surface area contributed by atoms with Crippen LogP contribution in [0.1, 0.15) is 49.9 Å². The van der Waals surface area contributed by atoms with Crippen molar-refractivity contribution in [2.45, 2.75) is 45.6 Å². The highest BCUT2D eigenvalue weighted by Crippen LogP contribution is 2.24. The summed E-state index contributed by atoms with van der Waals surface area (Å²) in [6.45, 7) is 4.05. The van der Waals surface area contributed by atoms with Crippen LogP contribution in [0.5, 0.6) is 5.75 Å². The van der Waals surface area contributed by atoms with Gasteiger partial charge in [-0.15, -0.1) is 0 Å². The molecule has 6 nitrogen and oxygen atoms in total. The number of non-ortho nitro benzene ring substituents is 1. The first-order valence-corrected chi connectivity index (χ1v) is 7.12. The molecule has 1 N–H and O–H groups in total. The zero-order chi connectivity index (χ0) is 15.8. The lowest BCUT2D eigenvalue weighted by molar-refractivity contribution is -0.384. The number of methoxy groups -OCH3 is 1.